The van der Waals surface area contributed by atoms with Gasteiger partial charge in [0.2, 0.25) is 5.91 Å². The van der Waals surface area contributed by atoms with Gasteiger partial charge < -0.3 is 20.1 Å². The van der Waals surface area contributed by atoms with Gasteiger partial charge in [-0.3, -0.25) is 9.59 Å². The number of carbonyl (C=O) groups excluding carboxylic acids is 3. The summed E-state index contributed by atoms with van der Waals surface area (Å²) >= 11 is 0. The Morgan fingerprint density at radius 2 is 1.85 bits per heavy atom. The molecule has 1 atom stereocenters. The van der Waals surface area contributed by atoms with Crippen molar-refractivity contribution in [3.63, 3.8) is 0 Å². The Morgan fingerprint density at radius 3 is 2.42 bits per heavy atom. The number of benzene rings is 1. The van der Waals surface area contributed by atoms with E-state index >= 15 is 0 Å². The van der Waals surface area contributed by atoms with Gasteiger partial charge in [-0.05, 0) is 26.3 Å². The minimum Gasteiger partial charge on any atom is -0.461 e. The van der Waals surface area contributed by atoms with E-state index in [-0.39, 0.29) is 19.6 Å². The zero-order valence-electron chi connectivity index (χ0n) is 15.2. The van der Waals surface area contributed by atoms with Gasteiger partial charge in [0.15, 0.2) is 0 Å². The van der Waals surface area contributed by atoms with Gasteiger partial charge in [-0.1, -0.05) is 36.3 Å². The van der Waals surface area contributed by atoms with Gasteiger partial charge in [0.05, 0.1) is 13.0 Å². The summed E-state index contributed by atoms with van der Waals surface area (Å²) in [4.78, 5) is 36.1. The summed E-state index contributed by atoms with van der Waals surface area (Å²) in [5.74, 6) is 1.03. The number of esters is 1. The van der Waals surface area contributed by atoms with Crippen molar-refractivity contribution in [1.29, 1.82) is 0 Å². The monoisotopic (exact) mass is 360 g/mol. The lowest BCUT2D eigenvalue weighted by atomic mass is 10.2. The van der Waals surface area contributed by atoms with Crippen LogP contribution in [0.3, 0.4) is 0 Å². The molecule has 0 aromatic heterocycles. The Kier molecular flexibility index (Phi) is 8.16. The molecular weight excluding hydrogens is 336 g/mol. The predicted molar refractivity (Wildman–Crippen MR) is 95.9 cm³/mol. The van der Waals surface area contributed by atoms with Gasteiger partial charge in [-0.15, -0.1) is 6.42 Å². The van der Waals surface area contributed by atoms with Crippen LogP contribution in [0.2, 0.25) is 0 Å². The molecule has 2 N–H and O–H groups in total. The van der Waals surface area contributed by atoms with Crippen molar-refractivity contribution in [1.82, 2.24) is 10.6 Å². The molecule has 7 nitrogen and oxygen atoms in total. The zero-order valence-corrected chi connectivity index (χ0v) is 15.2. The Bertz CT molecular complexity index is 659. The number of amides is 2. The molecule has 0 bridgehead atoms. The number of carbonyl (C=O) groups is 3. The molecule has 0 aliphatic carbocycles. The van der Waals surface area contributed by atoms with Gasteiger partial charge >= 0.3 is 12.1 Å². The lowest BCUT2D eigenvalue weighted by molar-refractivity contribution is -0.147. The summed E-state index contributed by atoms with van der Waals surface area (Å²) in [7, 11) is 0. The van der Waals surface area contributed by atoms with E-state index in [0.29, 0.717) is 0 Å². The normalized spacial score (nSPS) is 11.6. The molecule has 26 heavy (non-hydrogen) atoms. The molecule has 0 spiro atoms. The fraction of sp³-hybridized carbons (Fsp3) is 0.421. The molecular formula is C19H24N2O5. The van der Waals surface area contributed by atoms with Crippen molar-refractivity contribution in [3.05, 3.63) is 35.9 Å². The Morgan fingerprint density at radius 1 is 1.19 bits per heavy atom. The van der Waals surface area contributed by atoms with Crippen molar-refractivity contribution in [2.75, 3.05) is 6.54 Å². The minimum absolute atomic E-state index is 0.0234. The maximum atomic E-state index is 12.1. The molecule has 140 valence electrons. The third-order valence-electron chi connectivity index (χ3n) is 2.99. The number of nitrogens with one attached hydrogen (secondary N) is 2. The smallest absolute Gasteiger partial charge is 0.408 e. The van der Waals surface area contributed by atoms with Gasteiger partial charge in [0.25, 0.3) is 0 Å². The fourth-order valence-electron chi connectivity index (χ4n) is 1.88. The highest BCUT2D eigenvalue weighted by atomic mass is 16.6. The summed E-state index contributed by atoms with van der Waals surface area (Å²) < 4.78 is 10.3. The van der Waals surface area contributed by atoms with Crippen LogP contribution in [0.15, 0.2) is 30.3 Å². The van der Waals surface area contributed by atoms with Crippen molar-refractivity contribution in [2.45, 2.75) is 45.4 Å². The molecule has 1 aromatic rings. The fourth-order valence-corrected chi connectivity index (χ4v) is 1.88. The maximum Gasteiger partial charge on any atom is 0.408 e. The third-order valence-corrected chi connectivity index (χ3v) is 2.99. The average molecular weight is 360 g/mol. The van der Waals surface area contributed by atoms with Crippen LogP contribution in [-0.4, -0.2) is 36.2 Å². The van der Waals surface area contributed by atoms with Crippen LogP contribution in [0.1, 0.15) is 32.8 Å². The van der Waals surface area contributed by atoms with Crippen molar-refractivity contribution >= 4 is 18.0 Å². The largest absolute Gasteiger partial charge is 0.461 e. The number of terminal acetylenes is 1. The molecule has 0 unspecified atom stereocenters. The van der Waals surface area contributed by atoms with Crippen molar-refractivity contribution in [2.24, 2.45) is 0 Å². The molecule has 0 aliphatic rings. The van der Waals surface area contributed by atoms with Crippen LogP contribution < -0.4 is 10.6 Å². The van der Waals surface area contributed by atoms with Crippen LogP contribution >= 0.6 is 0 Å². The zero-order chi connectivity index (χ0) is 19.6. The summed E-state index contributed by atoms with van der Waals surface area (Å²) in [6.07, 6.45) is 3.95. The predicted octanol–water partition coefficient (Wildman–Crippen LogP) is 1.76. The van der Waals surface area contributed by atoms with Gasteiger partial charge in [0, 0.05) is 0 Å². The summed E-state index contributed by atoms with van der Waals surface area (Å²) in [6.45, 7) is 5.12. The van der Waals surface area contributed by atoms with Crippen molar-refractivity contribution < 1.29 is 23.9 Å². The SMILES string of the molecule is C#CCNC(=O)[C@H](CC(=O)OCc1ccccc1)NC(=O)OC(C)(C)C. The number of alkyl carbamates (subject to hydrolysis) is 1. The first kappa shape index (κ1) is 21.0. The van der Waals surface area contributed by atoms with E-state index in [1.165, 1.54) is 0 Å². The lowest BCUT2D eigenvalue weighted by Crippen LogP contribution is -2.49. The van der Waals surface area contributed by atoms with Crippen LogP contribution in [0.4, 0.5) is 4.79 Å². The first-order valence-electron chi connectivity index (χ1n) is 8.11. The first-order valence-corrected chi connectivity index (χ1v) is 8.11. The molecule has 0 saturated carbocycles. The second kappa shape index (κ2) is 10.1. The third kappa shape index (κ3) is 8.73. The quantitative estimate of drug-likeness (QED) is 0.571. The molecule has 0 radical (unpaired) electrons. The van der Waals surface area contributed by atoms with Gasteiger partial charge in [-0.2, -0.15) is 0 Å². The second-order valence-corrected chi connectivity index (χ2v) is 6.47. The lowest BCUT2D eigenvalue weighted by Gasteiger charge is -2.22. The van der Waals surface area contributed by atoms with E-state index < -0.39 is 29.6 Å². The highest BCUT2D eigenvalue weighted by Gasteiger charge is 2.27. The van der Waals surface area contributed by atoms with Crippen LogP contribution in [0, 0.1) is 12.3 Å². The minimum atomic E-state index is -1.15. The molecule has 0 saturated heterocycles. The van der Waals surface area contributed by atoms with E-state index in [2.05, 4.69) is 16.6 Å². The second-order valence-electron chi connectivity index (χ2n) is 6.47. The van der Waals surface area contributed by atoms with E-state index in [4.69, 9.17) is 15.9 Å². The number of ether oxygens (including phenoxy) is 2. The molecule has 1 aromatic carbocycles. The molecule has 0 aliphatic heterocycles. The van der Waals surface area contributed by atoms with Crippen LogP contribution in [0.5, 0.6) is 0 Å². The number of hydrogen-bond acceptors (Lipinski definition) is 5. The van der Waals surface area contributed by atoms with Crippen molar-refractivity contribution in [3.8, 4) is 12.3 Å². The topological polar surface area (TPSA) is 93.7 Å². The van der Waals surface area contributed by atoms with E-state index in [0.717, 1.165) is 5.56 Å². The molecule has 2 amide bonds. The highest BCUT2D eigenvalue weighted by Crippen LogP contribution is 2.08. The Hall–Kier alpha value is -3.01. The Labute approximate surface area is 153 Å². The number of hydrogen-bond donors (Lipinski definition) is 2. The summed E-state index contributed by atoms with van der Waals surface area (Å²) in [5, 5.41) is 4.80. The Balaban J connectivity index is 2.65. The van der Waals surface area contributed by atoms with Crippen LogP contribution in [0.25, 0.3) is 0 Å². The maximum absolute atomic E-state index is 12.1. The van der Waals surface area contributed by atoms with Gasteiger partial charge in [0.1, 0.15) is 18.2 Å². The molecule has 1 rings (SSSR count). The highest BCUT2D eigenvalue weighted by molar-refractivity contribution is 5.89. The molecule has 7 heteroatoms. The first-order chi connectivity index (χ1) is 12.2. The van der Waals surface area contributed by atoms with E-state index in [1.54, 1.807) is 20.8 Å². The van der Waals surface area contributed by atoms with E-state index in [9.17, 15) is 14.4 Å². The molecule has 0 heterocycles. The molecule has 0 fully saturated rings. The average Bonchev–Trinajstić information content (AvgIpc) is 2.56. The van der Waals surface area contributed by atoms with Crippen LogP contribution in [-0.2, 0) is 25.7 Å². The van der Waals surface area contributed by atoms with E-state index in [1.807, 2.05) is 30.3 Å². The summed E-state index contributed by atoms with van der Waals surface area (Å²) in [6, 6.07) is 7.96. The summed E-state index contributed by atoms with van der Waals surface area (Å²) in [5.41, 5.74) is 0.0758. The standard InChI is InChI=1S/C19H24N2O5/c1-5-11-20-17(23)15(21-18(24)26-19(2,3)4)12-16(22)25-13-14-9-7-6-8-10-14/h1,6-10,15H,11-13H2,2-4H3,(H,20,23)(H,21,24)/t15-/m0/s1. The van der Waals surface area contributed by atoms with Gasteiger partial charge in [-0.25, -0.2) is 4.79 Å². The number of rotatable bonds is 7.